The number of aromatic nitrogens is 2. The van der Waals surface area contributed by atoms with Crippen molar-refractivity contribution < 1.29 is 20.1 Å². The van der Waals surface area contributed by atoms with E-state index in [2.05, 4.69) is 9.97 Å². The number of hydrogen-bond donors (Lipinski definition) is 3. The zero-order valence-electron chi connectivity index (χ0n) is 8.46. The Balaban J connectivity index is 2.87. The van der Waals surface area contributed by atoms with Gasteiger partial charge in [0.25, 0.3) is 0 Å². The van der Waals surface area contributed by atoms with Crippen molar-refractivity contribution in [2.24, 2.45) is 0 Å². The lowest BCUT2D eigenvalue weighted by atomic mass is 10.0. The molecule has 0 fully saturated rings. The molecule has 1 rings (SSSR count). The highest BCUT2D eigenvalue weighted by Crippen LogP contribution is 2.21. The number of nitrogens with zero attached hydrogens (tertiary/aromatic N) is 2. The third kappa shape index (κ3) is 3.13. The summed E-state index contributed by atoms with van der Waals surface area (Å²) < 4.78 is 0. The van der Waals surface area contributed by atoms with E-state index < -0.39 is 24.6 Å². The molecule has 0 aromatic carbocycles. The minimum absolute atomic E-state index is 0.0289. The van der Waals surface area contributed by atoms with E-state index in [9.17, 15) is 15.0 Å². The molecular weight excluding hydrogens is 236 g/mol. The van der Waals surface area contributed by atoms with Crippen molar-refractivity contribution in [3.05, 3.63) is 22.7 Å². The number of aliphatic hydroxyl groups is 2. The van der Waals surface area contributed by atoms with E-state index in [1.807, 2.05) is 0 Å². The molecule has 0 amide bonds. The molecule has 2 unspecified atom stereocenters. The first-order valence-electron chi connectivity index (χ1n) is 4.48. The van der Waals surface area contributed by atoms with Gasteiger partial charge in [0.15, 0.2) is 0 Å². The molecule has 1 heterocycles. The molecule has 16 heavy (non-hydrogen) atoms. The molecule has 1 aromatic heterocycles. The van der Waals surface area contributed by atoms with Gasteiger partial charge in [-0.2, -0.15) is 0 Å². The van der Waals surface area contributed by atoms with E-state index in [1.165, 1.54) is 6.20 Å². The first kappa shape index (κ1) is 12.8. The van der Waals surface area contributed by atoms with Gasteiger partial charge in [-0.05, 0) is 18.5 Å². The van der Waals surface area contributed by atoms with Crippen molar-refractivity contribution in [2.45, 2.75) is 25.6 Å². The zero-order valence-corrected chi connectivity index (χ0v) is 9.22. The van der Waals surface area contributed by atoms with Crippen LogP contribution in [-0.4, -0.2) is 37.4 Å². The Labute approximate surface area is 96.5 Å². The standard InChI is InChI=1S/C9H11ClN2O4/c1-4-5(3-11-9(10)12-4)8(16)6(13)2-7(14)15/h3,6,8,13,16H,2H2,1H3,(H,14,15). The Kier molecular flexibility index (Phi) is 4.17. The second kappa shape index (κ2) is 5.20. The van der Waals surface area contributed by atoms with Gasteiger partial charge in [-0.25, -0.2) is 9.97 Å². The van der Waals surface area contributed by atoms with Crippen molar-refractivity contribution in [1.29, 1.82) is 0 Å². The Morgan fingerprint density at radius 2 is 2.19 bits per heavy atom. The summed E-state index contributed by atoms with van der Waals surface area (Å²) in [5.41, 5.74) is 0.662. The third-order valence-electron chi connectivity index (χ3n) is 2.05. The molecule has 0 aliphatic carbocycles. The minimum atomic E-state index is -1.40. The van der Waals surface area contributed by atoms with Gasteiger partial charge in [-0.1, -0.05) is 0 Å². The lowest BCUT2D eigenvalue weighted by molar-refractivity contribution is -0.141. The van der Waals surface area contributed by atoms with Crippen LogP contribution in [0.1, 0.15) is 23.8 Å². The largest absolute Gasteiger partial charge is 0.481 e. The third-order valence-corrected chi connectivity index (χ3v) is 2.24. The molecule has 3 N–H and O–H groups in total. The molecule has 0 bridgehead atoms. The van der Waals surface area contributed by atoms with Crippen LogP contribution >= 0.6 is 11.6 Å². The number of halogens is 1. The van der Waals surface area contributed by atoms with Gasteiger partial charge in [0, 0.05) is 17.5 Å². The number of carbonyl (C=O) groups is 1. The van der Waals surface area contributed by atoms with Crippen LogP contribution in [0.2, 0.25) is 5.28 Å². The summed E-state index contributed by atoms with van der Waals surface area (Å²) in [5, 5.41) is 27.6. The van der Waals surface area contributed by atoms with Gasteiger partial charge < -0.3 is 15.3 Å². The summed E-state index contributed by atoms with van der Waals surface area (Å²) >= 11 is 5.53. The van der Waals surface area contributed by atoms with E-state index in [0.717, 1.165) is 0 Å². The quantitative estimate of drug-likeness (QED) is 0.661. The Morgan fingerprint density at radius 3 is 2.69 bits per heavy atom. The van der Waals surface area contributed by atoms with Gasteiger partial charge in [0.2, 0.25) is 5.28 Å². The maximum Gasteiger partial charge on any atom is 0.306 e. The molecule has 0 radical (unpaired) electrons. The smallest absolute Gasteiger partial charge is 0.306 e. The summed E-state index contributed by atoms with van der Waals surface area (Å²) in [6, 6.07) is 0. The number of aliphatic hydroxyl groups excluding tert-OH is 2. The maximum atomic E-state index is 10.4. The molecule has 6 nitrogen and oxygen atoms in total. The van der Waals surface area contributed by atoms with E-state index in [-0.39, 0.29) is 10.8 Å². The zero-order chi connectivity index (χ0) is 12.3. The highest BCUT2D eigenvalue weighted by atomic mass is 35.5. The summed E-state index contributed by atoms with van der Waals surface area (Å²) in [4.78, 5) is 17.8. The molecule has 1 aromatic rings. The molecule has 88 valence electrons. The van der Waals surface area contributed by atoms with Crippen LogP contribution in [0.3, 0.4) is 0 Å². The number of aryl methyl sites for hydroxylation is 1. The van der Waals surface area contributed by atoms with Crippen molar-refractivity contribution >= 4 is 17.6 Å². The molecular formula is C9H11ClN2O4. The van der Waals surface area contributed by atoms with E-state index in [4.69, 9.17) is 16.7 Å². The summed E-state index contributed by atoms with van der Waals surface area (Å²) in [5.74, 6) is -1.20. The maximum absolute atomic E-state index is 10.4. The number of hydrogen-bond acceptors (Lipinski definition) is 5. The van der Waals surface area contributed by atoms with Gasteiger partial charge in [0.05, 0.1) is 12.5 Å². The number of aliphatic carboxylic acids is 1. The van der Waals surface area contributed by atoms with Crippen LogP contribution in [0.4, 0.5) is 0 Å². The van der Waals surface area contributed by atoms with Gasteiger partial charge >= 0.3 is 5.97 Å². The summed E-state index contributed by atoms with van der Waals surface area (Å²) in [6.07, 6.45) is -2.03. The predicted octanol–water partition coefficient (Wildman–Crippen LogP) is 0.307. The summed E-state index contributed by atoms with van der Waals surface area (Å²) in [7, 11) is 0. The Bertz CT molecular complexity index is 399. The SMILES string of the molecule is Cc1nc(Cl)ncc1C(O)C(O)CC(=O)O. The molecule has 0 saturated heterocycles. The number of carboxylic acid groups (broad SMARTS) is 1. The summed E-state index contributed by atoms with van der Waals surface area (Å²) in [6.45, 7) is 1.58. The second-order valence-corrected chi connectivity index (χ2v) is 3.63. The van der Waals surface area contributed by atoms with Crippen molar-refractivity contribution in [2.75, 3.05) is 0 Å². The van der Waals surface area contributed by atoms with Crippen molar-refractivity contribution in [3.63, 3.8) is 0 Å². The molecule has 2 atom stereocenters. The van der Waals surface area contributed by atoms with Crippen LogP contribution in [0.5, 0.6) is 0 Å². The van der Waals surface area contributed by atoms with Gasteiger partial charge in [0.1, 0.15) is 6.10 Å². The normalized spacial score (nSPS) is 14.5. The fraction of sp³-hybridized carbons (Fsp3) is 0.444. The Hall–Kier alpha value is -1.24. The van der Waals surface area contributed by atoms with E-state index in [0.29, 0.717) is 5.69 Å². The van der Waals surface area contributed by atoms with Crippen molar-refractivity contribution in [1.82, 2.24) is 9.97 Å². The molecule has 7 heteroatoms. The van der Waals surface area contributed by atoms with Crippen LogP contribution in [0.25, 0.3) is 0 Å². The van der Waals surface area contributed by atoms with E-state index in [1.54, 1.807) is 6.92 Å². The fourth-order valence-electron chi connectivity index (χ4n) is 1.24. The second-order valence-electron chi connectivity index (χ2n) is 3.29. The van der Waals surface area contributed by atoms with Gasteiger partial charge in [-0.15, -0.1) is 0 Å². The monoisotopic (exact) mass is 246 g/mol. The number of rotatable bonds is 4. The van der Waals surface area contributed by atoms with Crippen LogP contribution in [-0.2, 0) is 4.79 Å². The van der Waals surface area contributed by atoms with Gasteiger partial charge in [-0.3, -0.25) is 4.79 Å². The minimum Gasteiger partial charge on any atom is -0.481 e. The predicted molar refractivity (Wildman–Crippen MR) is 55.0 cm³/mol. The average Bonchev–Trinajstić information content (AvgIpc) is 2.15. The van der Waals surface area contributed by atoms with Crippen molar-refractivity contribution in [3.8, 4) is 0 Å². The Morgan fingerprint density at radius 1 is 1.56 bits per heavy atom. The van der Waals surface area contributed by atoms with Crippen LogP contribution in [0, 0.1) is 6.92 Å². The van der Waals surface area contributed by atoms with Crippen LogP contribution < -0.4 is 0 Å². The lowest BCUT2D eigenvalue weighted by Crippen LogP contribution is -2.22. The molecule has 0 aliphatic heterocycles. The molecule has 0 saturated carbocycles. The van der Waals surface area contributed by atoms with E-state index >= 15 is 0 Å². The highest BCUT2D eigenvalue weighted by Gasteiger charge is 2.23. The first-order valence-corrected chi connectivity index (χ1v) is 4.86. The number of carboxylic acids is 1. The fourth-order valence-corrected chi connectivity index (χ4v) is 1.41. The molecule has 0 spiro atoms. The lowest BCUT2D eigenvalue weighted by Gasteiger charge is -2.17. The van der Waals surface area contributed by atoms with Crippen LogP contribution in [0.15, 0.2) is 6.20 Å². The topological polar surface area (TPSA) is 104 Å². The first-order chi connectivity index (χ1) is 7.41. The molecule has 0 aliphatic rings. The average molecular weight is 247 g/mol. The highest BCUT2D eigenvalue weighted by molar-refractivity contribution is 6.28.